The maximum Gasteiger partial charge on any atom is 0.339 e. The van der Waals surface area contributed by atoms with Gasteiger partial charge < -0.3 is 14.4 Å². The SMILES string of the molecule is CN1[C@H](C2CCCCC2)CN(c2ccccc2)c2cc(Cl)c(-c3cc(C(=O)O)c4nccn4c3)cc2S1(=O)=O. The van der Waals surface area contributed by atoms with Crippen LogP contribution in [0, 0.1) is 5.92 Å². The first kappa shape index (κ1) is 25.9. The van der Waals surface area contributed by atoms with Crippen molar-refractivity contribution in [3.8, 4) is 11.1 Å². The average Bonchev–Trinajstić information content (AvgIpc) is 3.39. The minimum atomic E-state index is -3.90. The smallest absolute Gasteiger partial charge is 0.339 e. The van der Waals surface area contributed by atoms with Crippen molar-refractivity contribution in [3.05, 3.63) is 77.7 Å². The van der Waals surface area contributed by atoms with Gasteiger partial charge in [0.15, 0.2) is 5.65 Å². The number of anilines is 2. The van der Waals surface area contributed by atoms with Crippen LogP contribution < -0.4 is 4.90 Å². The standard InChI is InChI=1S/C29H29ClN4O4S/c1-32-26(19-8-4-2-5-9-19)18-34(21-10-6-3-7-11-21)25-16-24(30)22(15-27(25)39(32,37)38)20-14-23(29(35)36)28-31-12-13-33(28)17-20/h3,6-7,10-17,19,26H,2,4-5,8-9,18H2,1H3,(H,35,36)/t26-/m0/s1. The van der Waals surface area contributed by atoms with Crippen molar-refractivity contribution in [2.45, 2.75) is 43.0 Å². The Balaban J connectivity index is 1.56. The Morgan fingerprint density at radius 2 is 1.82 bits per heavy atom. The third-order valence-corrected chi connectivity index (χ3v) is 10.3. The van der Waals surface area contributed by atoms with Crippen LogP contribution in [0.4, 0.5) is 11.4 Å². The largest absolute Gasteiger partial charge is 0.478 e. The van der Waals surface area contributed by atoms with Crippen LogP contribution in [0.5, 0.6) is 0 Å². The van der Waals surface area contributed by atoms with Gasteiger partial charge in [-0.25, -0.2) is 18.2 Å². The highest BCUT2D eigenvalue weighted by Gasteiger charge is 2.41. The van der Waals surface area contributed by atoms with E-state index in [0.717, 1.165) is 31.4 Å². The summed E-state index contributed by atoms with van der Waals surface area (Å²) in [4.78, 5) is 18.4. The fourth-order valence-electron chi connectivity index (χ4n) is 6.07. The molecule has 1 saturated carbocycles. The fraction of sp³-hybridized carbons (Fsp3) is 0.310. The Kier molecular flexibility index (Phi) is 6.61. The Morgan fingerprint density at radius 3 is 2.54 bits per heavy atom. The van der Waals surface area contributed by atoms with E-state index >= 15 is 0 Å². The molecule has 8 nitrogen and oxygen atoms in total. The number of sulfonamides is 1. The summed E-state index contributed by atoms with van der Waals surface area (Å²) in [6.07, 6.45) is 10.3. The normalized spacial score (nSPS) is 20.1. The summed E-state index contributed by atoms with van der Waals surface area (Å²) < 4.78 is 31.6. The number of halogens is 1. The zero-order valence-electron chi connectivity index (χ0n) is 21.5. The summed E-state index contributed by atoms with van der Waals surface area (Å²) >= 11 is 6.87. The molecule has 3 heterocycles. The molecule has 0 unspecified atom stereocenters. The maximum atomic E-state index is 14.2. The van der Waals surface area contributed by atoms with Crippen LogP contribution in [0.3, 0.4) is 0 Å². The van der Waals surface area contributed by atoms with Gasteiger partial charge in [0.25, 0.3) is 0 Å². The van der Waals surface area contributed by atoms with Crippen molar-refractivity contribution in [2.24, 2.45) is 5.92 Å². The zero-order chi connectivity index (χ0) is 27.3. The van der Waals surface area contributed by atoms with Gasteiger partial charge in [-0.15, -0.1) is 0 Å². The van der Waals surface area contributed by atoms with E-state index in [1.165, 1.54) is 18.7 Å². The number of aromatic carboxylic acids is 1. The first-order valence-electron chi connectivity index (χ1n) is 13.1. The fourth-order valence-corrected chi connectivity index (χ4v) is 7.94. The Bertz CT molecular complexity index is 1670. The van der Waals surface area contributed by atoms with Crippen LogP contribution in [0.1, 0.15) is 42.5 Å². The van der Waals surface area contributed by atoms with Crippen molar-refractivity contribution >= 4 is 44.6 Å². The predicted molar refractivity (Wildman–Crippen MR) is 151 cm³/mol. The summed E-state index contributed by atoms with van der Waals surface area (Å²) in [6.45, 7) is 0.511. The number of nitrogens with zero attached hydrogens (tertiary/aromatic N) is 4. The van der Waals surface area contributed by atoms with E-state index in [9.17, 15) is 18.3 Å². The number of rotatable bonds is 4. The molecule has 2 aliphatic rings. The molecule has 0 amide bonds. The van der Waals surface area contributed by atoms with Crippen molar-refractivity contribution in [1.82, 2.24) is 13.7 Å². The lowest BCUT2D eigenvalue weighted by Gasteiger charge is -2.36. The second kappa shape index (κ2) is 9.97. The first-order valence-corrected chi connectivity index (χ1v) is 14.9. The molecule has 0 saturated heterocycles. The molecular formula is C29H29ClN4O4S. The highest BCUT2D eigenvalue weighted by atomic mass is 35.5. The summed E-state index contributed by atoms with van der Waals surface area (Å²) in [5.41, 5.74) is 2.64. The summed E-state index contributed by atoms with van der Waals surface area (Å²) in [5.74, 6) is -0.868. The summed E-state index contributed by atoms with van der Waals surface area (Å²) in [6, 6.07) is 14.4. The second-order valence-corrected chi connectivity index (χ2v) is 12.7. The van der Waals surface area contributed by atoms with Crippen molar-refractivity contribution in [2.75, 3.05) is 18.5 Å². The number of likely N-dealkylation sites (N-methyl/N-ethyl adjacent to an activating group) is 1. The molecule has 0 bridgehead atoms. The number of carbonyl (C=O) groups is 1. The molecule has 4 aromatic rings. The van der Waals surface area contributed by atoms with Crippen LogP contribution >= 0.6 is 11.6 Å². The summed E-state index contributed by atoms with van der Waals surface area (Å²) in [7, 11) is -2.22. The lowest BCUT2D eigenvalue weighted by molar-refractivity contribution is 0.0698. The van der Waals surface area contributed by atoms with Gasteiger partial charge in [-0.1, -0.05) is 49.1 Å². The number of pyridine rings is 1. The molecule has 10 heteroatoms. The van der Waals surface area contributed by atoms with E-state index < -0.39 is 16.0 Å². The van der Waals surface area contributed by atoms with E-state index in [-0.39, 0.29) is 22.4 Å². The number of para-hydroxylation sites is 1. The maximum absolute atomic E-state index is 14.2. The molecular weight excluding hydrogens is 536 g/mol. The lowest BCUT2D eigenvalue weighted by Crippen LogP contribution is -2.46. The number of carboxylic acids is 1. The van der Waals surface area contributed by atoms with Crippen LogP contribution in [0.2, 0.25) is 5.02 Å². The van der Waals surface area contributed by atoms with Crippen LogP contribution in [0.15, 0.2) is 72.0 Å². The zero-order valence-corrected chi connectivity index (χ0v) is 23.1. The molecule has 39 heavy (non-hydrogen) atoms. The molecule has 6 rings (SSSR count). The van der Waals surface area contributed by atoms with Crippen LogP contribution in [-0.2, 0) is 10.0 Å². The quantitative estimate of drug-likeness (QED) is 0.323. The molecule has 1 aliphatic heterocycles. The van der Waals surface area contributed by atoms with Crippen LogP contribution in [0.25, 0.3) is 16.8 Å². The average molecular weight is 565 g/mol. The topological polar surface area (TPSA) is 95.2 Å². The lowest BCUT2D eigenvalue weighted by atomic mass is 9.83. The Labute approximate surface area is 232 Å². The van der Waals surface area contributed by atoms with Gasteiger partial charge in [-0.2, -0.15) is 4.31 Å². The molecule has 2 aromatic carbocycles. The minimum Gasteiger partial charge on any atom is -0.478 e. The number of imidazole rings is 1. The number of aromatic nitrogens is 2. The number of hydrogen-bond acceptors (Lipinski definition) is 5. The first-order chi connectivity index (χ1) is 18.8. The van der Waals surface area contributed by atoms with E-state index in [1.807, 2.05) is 30.3 Å². The molecule has 0 radical (unpaired) electrons. The van der Waals surface area contributed by atoms with E-state index in [1.54, 1.807) is 40.3 Å². The molecule has 0 spiro atoms. The van der Waals surface area contributed by atoms with Crippen molar-refractivity contribution in [1.29, 1.82) is 0 Å². The highest BCUT2D eigenvalue weighted by molar-refractivity contribution is 7.89. The Hall–Kier alpha value is -3.40. The number of hydrogen-bond donors (Lipinski definition) is 1. The third kappa shape index (κ3) is 4.48. The van der Waals surface area contributed by atoms with Gasteiger partial charge in [-0.3, -0.25) is 0 Å². The highest BCUT2D eigenvalue weighted by Crippen LogP contribution is 2.44. The predicted octanol–water partition coefficient (Wildman–Crippen LogP) is 6.07. The van der Waals surface area contributed by atoms with Gasteiger partial charge in [0.1, 0.15) is 10.5 Å². The van der Waals surface area contributed by atoms with Gasteiger partial charge in [0.05, 0.1) is 10.7 Å². The molecule has 1 fully saturated rings. The van der Waals surface area contributed by atoms with E-state index in [2.05, 4.69) is 9.88 Å². The van der Waals surface area contributed by atoms with Gasteiger partial charge in [-0.05, 0) is 49.1 Å². The van der Waals surface area contributed by atoms with E-state index in [4.69, 9.17) is 11.6 Å². The molecule has 2 aromatic heterocycles. The monoisotopic (exact) mass is 564 g/mol. The summed E-state index contributed by atoms with van der Waals surface area (Å²) in [5, 5.41) is 10.1. The van der Waals surface area contributed by atoms with Crippen LogP contribution in [-0.4, -0.2) is 52.8 Å². The van der Waals surface area contributed by atoms with Gasteiger partial charge in [0.2, 0.25) is 10.0 Å². The molecule has 1 atom stereocenters. The van der Waals surface area contributed by atoms with E-state index in [0.29, 0.717) is 34.0 Å². The van der Waals surface area contributed by atoms with Crippen molar-refractivity contribution in [3.63, 3.8) is 0 Å². The number of carboxylic acid groups (broad SMARTS) is 1. The second-order valence-electron chi connectivity index (χ2n) is 10.3. The number of fused-ring (bicyclic) bond motifs is 2. The number of benzene rings is 2. The molecule has 202 valence electrons. The Morgan fingerprint density at radius 1 is 1.08 bits per heavy atom. The molecule has 1 aliphatic carbocycles. The van der Waals surface area contributed by atoms with Crippen molar-refractivity contribution < 1.29 is 18.3 Å². The third-order valence-electron chi connectivity index (χ3n) is 8.12. The minimum absolute atomic E-state index is 0.00626. The van der Waals surface area contributed by atoms with Gasteiger partial charge in [0, 0.05) is 55.0 Å². The molecule has 1 N–H and O–H groups in total. The van der Waals surface area contributed by atoms with Gasteiger partial charge >= 0.3 is 5.97 Å².